The Morgan fingerprint density at radius 3 is 2.55 bits per heavy atom. The summed E-state index contributed by atoms with van der Waals surface area (Å²) in [5.74, 6) is -0.981. The van der Waals surface area contributed by atoms with E-state index in [0.29, 0.717) is 11.3 Å². The third-order valence-corrected chi connectivity index (χ3v) is 3.08. The zero-order valence-electron chi connectivity index (χ0n) is 12.1. The van der Waals surface area contributed by atoms with Crippen LogP contribution >= 0.6 is 0 Å². The molecule has 1 aromatic rings. The molecular weight excluding hydrogens is 288 g/mol. The maximum atomic E-state index is 11.9. The van der Waals surface area contributed by atoms with Gasteiger partial charge in [0.05, 0.1) is 22.7 Å². The summed E-state index contributed by atoms with van der Waals surface area (Å²) in [5, 5.41) is 13.2. The van der Waals surface area contributed by atoms with Crippen LogP contribution in [0.4, 0.5) is 5.69 Å². The SMILES string of the molecule is CCOC(=O)C1=C(C)NC(=O)/C1=C\c1ccc([N+](=O)[O-])cc1. The fourth-order valence-electron chi connectivity index (χ4n) is 2.08. The first-order chi connectivity index (χ1) is 10.4. The predicted molar refractivity (Wildman–Crippen MR) is 78.5 cm³/mol. The van der Waals surface area contributed by atoms with Crippen LogP contribution in [0.1, 0.15) is 19.4 Å². The van der Waals surface area contributed by atoms with E-state index in [1.54, 1.807) is 13.8 Å². The lowest BCUT2D eigenvalue weighted by molar-refractivity contribution is -0.384. The summed E-state index contributed by atoms with van der Waals surface area (Å²) in [5.41, 5.74) is 1.33. The number of ether oxygens (including phenoxy) is 1. The second-order valence-corrected chi connectivity index (χ2v) is 4.58. The van der Waals surface area contributed by atoms with Crippen LogP contribution in [0.3, 0.4) is 0 Å². The molecule has 1 aliphatic heterocycles. The lowest BCUT2D eigenvalue weighted by Crippen LogP contribution is -2.15. The highest BCUT2D eigenvalue weighted by molar-refractivity contribution is 6.16. The van der Waals surface area contributed by atoms with E-state index in [1.165, 1.54) is 30.3 Å². The normalized spacial score (nSPS) is 15.9. The van der Waals surface area contributed by atoms with Crippen molar-refractivity contribution in [3.63, 3.8) is 0 Å². The van der Waals surface area contributed by atoms with Gasteiger partial charge in [0.25, 0.3) is 11.6 Å². The van der Waals surface area contributed by atoms with Crippen LogP contribution in [0.15, 0.2) is 41.1 Å². The molecule has 114 valence electrons. The van der Waals surface area contributed by atoms with Crippen LogP contribution in [0.2, 0.25) is 0 Å². The molecule has 0 spiro atoms. The van der Waals surface area contributed by atoms with Crippen LogP contribution in [0, 0.1) is 10.1 Å². The molecule has 1 aromatic carbocycles. The molecule has 0 radical (unpaired) electrons. The number of esters is 1. The first kappa shape index (κ1) is 15.4. The van der Waals surface area contributed by atoms with Gasteiger partial charge in [-0.25, -0.2) is 4.79 Å². The van der Waals surface area contributed by atoms with E-state index < -0.39 is 16.8 Å². The Kier molecular flexibility index (Phi) is 4.36. The number of hydrogen-bond acceptors (Lipinski definition) is 5. The van der Waals surface area contributed by atoms with Crippen molar-refractivity contribution in [2.75, 3.05) is 6.61 Å². The van der Waals surface area contributed by atoms with Crippen molar-refractivity contribution in [1.82, 2.24) is 5.32 Å². The van der Waals surface area contributed by atoms with E-state index in [9.17, 15) is 19.7 Å². The van der Waals surface area contributed by atoms with Gasteiger partial charge in [0.2, 0.25) is 0 Å². The summed E-state index contributed by atoms with van der Waals surface area (Å²) in [6.45, 7) is 3.49. The van der Waals surface area contributed by atoms with Gasteiger partial charge in [0, 0.05) is 17.8 Å². The minimum absolute atomic E-state index is 0.0460. The molecular formula is C15H14N2O5. The van der Waals surface area contributed by atoms with Crippen molar-refractivity contribution in [1.29, 1.82) is 0 Å². The van der Waals surface area contributed by atoms with Crippen molar-refractivity contribution in [3.8, 4) is 0 Å². The second-order valence-electron chi connectivity index (χ2n) is 4.58. The molecule has 1 aliphatic rings. The molecule has 0 aliphatic carbocycles. The van der Waals surface area contributed by atoms with E-state index in [1.807, 2.05) is 0 Å². The van der Waals surface area contributed by atoms with Crippen molar-refractivity contribution in [2.45, 2.75) is 13.8 Å². The first-order valence-corrected chi connectivity index (χ1v) is 6.60. The zero-order chi connectivity index (χ0) is 16.3. The van der Waals surface area contributed by atoms with Gasteiger partial charge >= 0.3 is 5.97 Å². The molecule has 1 heterocycles. The number of benzene rings is 1. The molecule has 0 unspecified atom stereocenters. The Bertz CT molecular complexity index is 701. The predicted octanol–water partition coefficient (Wildman–Crippen LogP) is 1.95. The fraction of sp³-hybridized carbons (Fsp3) is 0.200. The summed E-state index contributed by atoms with van der Waals surface area (Å²) >= 11 is 0. The quantitative estimate of drug-likeness (QED) is 0.396. The summed E-state index contributed by atoms with van der Waals surface area (Å²) in [7, 11) is 0. The van der Waals surface area contributed by atoms with E-state index in [-0.39, 0.29) is 23.4 Å². The van der Waals surface area contributed by atoms with E-state index in [0.717, 1.165) is 0 Å². The van der Waals surface area contributed by atoms with Crippen LogP contribution in [-0.2, 0) is 14.3 Å². The Labute approximate surface area is 126 Å². The molecule has 2 rings (SSSR count). The lowest BCUT2D eigenvalue weighted by Gasteiger charge is -2.04. The van der Waals surface area contributed by atoms with E-state index in [4.69, 9.17) is 4.74 Å². The molecule has 0 saturated heterocycles. The number of nitro benzene ring substituents is 1. The summed E-state index contributed by atoms with van der Waals surface area (Å²) in [4.78, 5) is 34.0. The van der Waals surface area contributed by atoms with Crippen molar-refractivity contribution >= 4 is 23.6 Å². The molecule has 7 nitrogen and oxygen atoms in total. The fourth-order valence-corrected chi connectivity index (χ4v) is 2.08. The second kappa shape index (κ2) is 6.21. The first-order valence-electron chi connectivity index (χ1n) is 6.60. The molecule has 1 amide bonds. The number of allylic oxidation sites excluding steroid dienone is 1. The summed E-state index contributed by atoms with van der Waals surface area (Å²) in [6, 6.07) is 5.68. The number of carbonyl (C=O) groups excluding carboxylic acids is 2. The standard InChI is InChI=1S/C15H14N2O5/c1-3-22-15(19)13-9(2)16-14(18)12(13)8-10-4-6-11(7-5-10)17(20)21/h4-8H,3H2,1-2H3,(H,16,18)/b12-8-. The Morgan fingerprint density at radius 2 is 2.00 bits per heavy atom. The zero-order valence-corrected chi connectivity index (χ0v) is 12.1. The number of hydrogen-bond donors (Lipinski definition) is 1. The number of rotatable bonds is 4. The van der Waals surface area contributed by atoms with Crippen molar-refractivity contribution < 1.29 is 19.2 Å². The monoisotopic (exact) mass is 302 g/mol. The average molecular weight is 302 g/mol. The maximum Gasteiger partial charge on any atom is 0.340 e. The van der Waals surface area contributed by atoms with Gasteiger partial charge in [-0.3, -0.25) is 14.9 Å². The largest absolute Gasteiger partial charge is 0.462 e. The lowest BCUT2D eigenvalue weighted by atomic mass is 10.0. The summed E-state index contributed by atoms with van der Waals surface area (Å²) in [6.07, 6.45) is 1.50. The highest BCUT2D eigenvalue weighted by Crippen LogP contribution is 2.25. The Morgan fingerprint density at radius 1 is 1.36 bits per heavy atom. The molecule has 22 heavy (non-hydrogen) atoms. The van der Waals surface area contributed by atoms with Gasteiger partial charge in [0.1, 0.15) is 0 Å². The minimum Gasteiger partial charge on any atom is -0.462 e. The minimum atomic E-state index is -0.577. The van der Waals surface area contributed by atoms with Crippen molar-refractivity contribution in [3.05, 3.63) is 56.8 Å². The van der Waals surface area contributed by atoms with Crippen LogP contribution in [0.5, 0.6) is 0 Å². The van der Waals surface area contributed by atoms with Gasteiger partial charge in [-0.05, 0) is 37.6 Å². The van der Waals surface area contributed by atoms with Gasteiger partial charge in [-0.15, -0.1) is 0 Å². The van der Waals surface area contributed by atoms with Gasteiger partial charge in [-0.2, -0.15) is 0 Å². The smallest absolute Gasteiger partial charge is 0.340 e. The number of non-ortho nitro benzene ring substituents is 1. The Balaban J connectivity index is 2.37. The third-order valence-electron chi connectivity index (χ3n) is 3.08. The van der Waals surface area contributed by atoms with E-state index in [2.05, 4.69) is 5.32 Å². The molecule has 1 N–H and O–H groups in total. The third kappa shape index (κ3) is 3.03. The number of nitrogens with zero attached hydrogens (tertiary/aromatic N) is 1. The number of amides is 1. The van der Waals surface area contributed by atoms with Gasteiger partial charge in [0.15, 0.2) is 0 Å². The van der Waals surface area contributed by atoms with E-state index >= 15 is 0 Å². The van der Waals surface area contributed by atoms with Crippen LogP contribution < -0.4 is 5.32 Å². The molecule has 7 heteroatoms. The molecule has 0 fully saturated rings. The maximum absolute atomic E-state index is 11.9. The molecule has 0 saturated carbocycles. The highest BCUT2D eigenvalue weighted by Gasteiger charge is 2.30. The van der Waals surface area contributed by atoms with Gasteiger partial charge < -0.3 is 10.1 Å². The average Bonchev–Trinajstić information content (AvgIpc) is 2.74. The summed E-state index contributed by atoms with van der Waals surface area (Å²) < 4.78 is 4.94. The topological polar surface area (TPSA) is 98.5 Å². The number of nitro groups is 1. The highest BCUT2D eigenvalue weighted by atomic mass is 16.6. The Hall–Kier alpha value is -2.96. The van der Waals surface area contributed by atoms with Crippen molar-refractivity contribution in [2.24, 2.45) is 0 Å². The molecule has 0 bridgehead atoms. The van der Waals surface area contributed by atoms with Crippen LogP contribution in [-0.4, -0.2) is 23.4 Å². The van der Waals surface area contributed by atoms with Gasteiger partial charge in [-0.1, -0.05) is 0 Å². The molecule has 0 aromatic heterocycles. The van der Waals surface area contributed by atoms with Crippen LogP contribution in [0.25, 0.3) is 6.08 Å². The number of nitrogens with one attached hydrogen (secondary N) is 1. The number of carbonyl (C=O) groups is 2. The molecule has 0 atom stereocenters.